The van der Waals surface area contributed by atoms with Crippen LogP contribution < -0.4 is 4.90 Å². The number of ether oxygens (including phenoxy) is 1. The number of esters is 1. The second kappa shape index (κ2) is 4.98. The number of aromatic nitrogens is 2. The zero-order valence-corrected chi connectivity index (χ0v) is 11.6. The molecule has 0 spiro atoms. The number of hydrogen-bond donors (Lipinski definition) is 0. The zero-order chi connectivity index (χ0) is 15.0. The van der Waals surface area contributed by atoms with Crippen LogP contribution in [0, 0.1) is 0 Å². The number of carbonyl (C=O) groups excluding carboxylic acids is 1. The summed E-state index contributed by atoms with van der Waals surface area (Å²) in [4.78, 5) is 17.7. The highest BCUT2D eigenvalue weighted by Crippen LogP contribution is 2.30. The van der Waals surface area contributed by atoms with Crippen molar-refractivity contribution in [3.8, 4) is 0 Å². The Labute approximate surface area is 120 Å². The van der Waals surface area contributed by atoms with Gasteiger partial charge < -0.3 is 9.64 Å². The molecule has 1 fully saturated rings. The van der Waals surface area contributed by atoms with E-state index in [0.717, 1.165) is 5.52 Å². The van der Waals surface area contributed by atoms with Gasteiger partial charge in [-0.3, -0.25) is 4.40 Å². The van der Waals surface area contributed by atoms with E-state index in [-0.39, 0.29) is 31.6 Å². The molecule has 0 bridgehead atoms. The van der Waals surface area contributed by atoms with Crippen molar-refractivity contribution in [1.82, 2.24) is 9.38 Å². The fourth-order valence-corrected chi connectivity index (χ4v) is 2.49. The van der Waals surface area contributed by atoms with Crippen LogP contribution in [0.1, 0.15) is 23.3 Å². The number of nitrogens with zero attached hydrogens (tertiary/aromatic N) is 3. The molecule has 21 heavy (non-hydrogen) atoms. The molecule has 0 aromatic carbocycles. The summed E-state index contributed by atoms with van der Waals surface area (Å²) in [5.41, 5.74) is 0.953. The van der Waals surface area contributed by atoms with Crippen molar-refractivity contribution in [2.75, 3.05) is 25.1 Å². The molecule has 0 radical (unpaired) electrons. The summed E-state index contributed by atoms with van der Waals surface area (Å²) in [6, 6.07) is 5.27. The summed E-state index contributed by atoms with van der Waals surface area (Å²) in [5, 5.41) is 0. The van der Waals surface area contributed by atoms with Crippen LogP contribution in [0.4, 0.5) is 14.7 Å². The smallest absolute Gasteiger partial charge is 0.356 e. The van der Waals surface area contributed by atoms with Crippen LogP contribution in [0.25, 0.3) is 5.52 Å². The second-order valence-electron chi connectivity index (χ2n) is 5.08. The maximum Gasteiger partial charge on any atom is 0.356 e. The van der Waals surface area contributed by atoms with Gasteiger partial charge in [-0.25, -0.2) is 18.6 Å². The van der Waals surface area contributed by atoms with Gasteiger partial charge in [0.2, 0.25) is 5.95 Å². The average Bonchev–Trinajstić information content (AvgIpc) is 2.94. The summed E-state index contributed by atoms with van der Waals surface area (Å²) in [7, 11) is 1.29. The van der Waals surface area contributed by atoms with E-state index < -0.39 is 11.9 Å². The molecular formula is C14H15F2N3O2. The van der Waals surface area contributed by atoms with Crippen molar-refractivity contribution < 1.29 is 18.3 Å². The Kier molecular flexibility index (Phi) is 3.27. The molecular weight excluding hydrogens is 280 g/mol. The molecule has 0 amide bonds. The van der Waals surface area contributed by atoms with E-state index in [9.17, 15) is 13.6 Å². The molecule has 2 aromatic heterocycles. The van der Waals surface area contributed by atoms with Crippen molar-refractivity contribution in [2.24, 2.45) is 0 Å². The van der Waals surface area contributed by atoms with Gasteiger partial charge in [-0.2, -0.15) is 0 Å². The molecule has 1 aliphatic rings. The highest BCUT2D eigenvalue weighted by molar-refractivity contribution is 5.89. The van der Waals surface area contributed by atoms with E-state index in [0.29, 0.717) is 5.95 Å². The van der Waals surface area contributed by atoms with E-state index in [2.05, 4.69) is 9.72 Å². The molecule has 3 heterocycles. The van der Waals surface area contributed by atoms with Crippen LogP contribution in [0.5, 0.6) is 0 Å². The van der Waals surface area contributed by atoms with Crippen LogP contribution in [0.2, 0.25) is 0 Å². The van der Waals surface area contributed by atoms with Crippen molar-refractivity contribution in [2.45, 2.75) is 18.8 Å². The Morgan fingerprint density at radius 3 is 2.76 bits per heavy atom. The molecule has 0 saturated carbocycles. The Morgan fingerprint density at radius 1 is 1.38 bits per heavy atom. The number of piperidine rings is 1. The zero-order valence-electron chi connectivity index (χ0n) is 11.6. The topological polar surface area (TPSA) is 46.8 Å². The van der Waals surface area contributed by atoms with Crippen LogP contribution in [-0.2, 0) is 4.74 Å². The fraction of sp³-hybridized carbons (Fsp3) is 0.429. The first-order valence-corrected chi connectivity index (χ1v) is 6.69. The number of hydrogen-bond acceptors (Lipinski definition) is 4. The van der Waals surface area contributed by atoms with E-state index in [1.54, 1.807) is 21.6 Å². The standard InChI is InChI=1S/C14H15F2N3O2/c1-21-12(20)11-9-10-3-2-6-19(10)13(17-11)18-7-4-14(15,16)5-8-18/h2-3,6,9H,4-5,7-8H2,1H3. The van der Waals surface area contributed by atoms with Gasteiger partial charge >= 0.3 is 5.97 Å². The normalized spacial score (nSPS) is 18.0. The lowest BCUT2D eigenvalue weighted by atomic mass is 10.1. The second-order valence-corrected chi connectivity index (χ2v) is 5.08. The Morgan fingerprint density at radius 2 is 2.10 bits per heavy atom. The summed E-state index contributed by atoms with van der Waals surface area (Å²) in [6.07, 6.45) is 1.38. The average molecular weight is 295 g/mol. The van der Waals surface area contributed by atoms with Gasteiger partial charge in [0.05, 0.1) is 12.6 Å². The van der Waals surface area contributed by atoms with Gasteiger partial charge in [0, 0.05) is 32.1 Å². The van der Waals surface area contributed by atoms with E-state index in [4.69, 9.17) is 0 Å². The Bertz CT molecular complexity index is 674. The van der Waals surface area contributed by atoms with E-state index in [1.165, 1.54) is 7.11 Å². The quantitative estimate of drug-likeness (QED) is 0.798. The minimum absolute atomic E-state index is 0.177. The molecule has 3 rings (SSSR count). The molecule has 0 aliphatic carbocycles. The Hall–Kier alpha value is -2.18. The lowest BCUT2D eigenvalue weighted by molar-refractivity contribution is -0.0223. The number of rotatable bonds is 2. The van der Waals surface area contributed by atoms with Crippen LogP contribution >= 0.6 is 0 Å². The number of anilines is 1. The molecule has 1 aliphatic heterocycles. The first kappa shape index (κ1) is 13.8. The molecule has 0 unspecified atom stereocenters. The van der Waals surface area contributed by atoms with Crippen LogP contribution in [0.15, 0.2) is 24.4 Å². The van der Waals surface area contributed by atoms with Crippen molar-refractivity contribution in [3.63, 3.8) is 0 Å². The van der Waals surface area contributed by atoms with E-state index in [1.807, 2.05) is 12.1 Å². The summed E-state index contributed by atoms with van der Waals surface area (Å²) < 4.78 is 33.0. The van der Waals surface area contributed by atoms with Gasteiger partial charge in [0.1, 0.15) is 0 Å². The Balaban J connectivity index is 2.00. The summed E-state index contributed by atoms with van der Waals surface area (Å²) in [5.74, 6) is -2.66. The van der Waals surface area contributed by atoms with Gasteiger partial charge in [0.15, 0.2) is 5.69 Å². The van der Waals surface area contributed by atoms with Crippen LogP contribution in [0.3, 0.4) is 0 Å². The first-order chi connectivity index (χ1) is 10.00. The maximum absolute atomic E-state index is 13.3. The summed E-state index contributed by atoms with van der Waals surface area (Å²) >= 11 is 0. The van der Waals surface area contributed by atoms with Crippen molar-refractivity contribution >= 4 is 17.4 Å². The predicted octanol–water partition coefficient (Wildman–Crippen LogP) is 2.36. The fourth-order valence-electron chi connectivity index (χ4n) is 2.49. The highest BCUT2D eigenvalue weighted by Gasteiger charge is 2.35. The molecule has 7 heteroatoms. The van der Waals surface area contributed by atoms with Crippen molar-refractivity contribution in [3.05, 3.63) is 30.1 Å². The number of methoxy groups -OCH3 is 1. The van der Waals surface area contributed by atoms with Gasteiger partial charge in [-0.15, -0.1) is 0 Å². The molecule has 1 saturated heterocycles. The minimum Gasteiger partial charge on any atom is -0.464 e. The third-order valence-electron chi connectivity index (χ3n) is 3.67. The summed E-state index contributed by atoms with van der Waals surface area (Å²) in [6.45, 7) is 0.413. The molecule has 5 nitrogen and oxygen atoms in total. The SMILES string of the molecule is COC(=O)c1cc2cccn2c(N2CCC(F)(F)CC2)n1. The lowest BCUT2D eigenvalue weighted by Gasteiger charge is -2.32. The lowest BCUT2D eigenvalue weighted by Crippen LogP contribution is -2.40. The number of halogens is 2. The van der Waals surface area contributed by atoms with Crippen LogP contribution in [-0.4, -0.2) is 41.5 Å². The third kappa shape index (κ3) is 2.55. The van der Waals surface area contributed by atoms with Crippen molar-refractivity contribution in [1.29, 1.82) is 0 Å². The predicted molar refractivity (Wildman–Crippen MR) is 72.9 cm³/mol. The van der Waals surface area contributed by atoms with Gasteiger partial charge in [-0.1, -0.05) is 0 Å². The molecule has 0 N–H and O–H groups in total. The first-order valence-electron chi connectivity index (χ1n) is 6.69. The molecule has 2 aromatic rings. The number of alkyl halides is 2. The van der Waals surface area contributed by atoms with Gasteiger partial charge in [-0.05, 0) is 18.2 Å². The molecule has 112 valence electrons. The minimum atomic E-state index is -2.62. The number of carbonyl (C=O) groups is 1. The van der Waals surface area contributed by atoms with Gasteiger partial charge in [0.25, 0.3) is 5.92 Å². The number of fused-ring (bicyclic) bond motifs is 1. The monoisotopic (exact) mass is 295 g/mol. The third-order valence-corrected chi connectivity index (χ3v) is 3.67. The molecule has 0 atom stereocenters. The largest absolute Gasteiger partial charge is 0.464 e. The highest BCUT2D eigenvalue weighted by atomic mass is 19.3. The van der Waals surface area contributed by atoms with E-state index >= 15 is 0 Å². The maximum atomic E-state index is 13.3.